The predicted molar refractivity (Wildman–Crippen MR) is 80.5 cm³/mol. The monoisotopic (exact) mass is 280 g/mol. The number of amides is 1. The molecule has 0 fully saturated rings. The summed E-state index contributed by atoms with van der Waals surface area (Å²) in [5, 5.41) is 6.08. The van der Waals surface area contributed by atoms with Crippen molar-refractivity contribution in [3.8, 4) is 11.5 Å². The van der Waals surface area contributed by atoms with Gasteiger partial charge in [0.25, 0.3) is 0 Å². The number of carbonyl (C=O) groups is 1. The Bertz CT molecular complexity index is 433. The van der Waals surface area contributed by atoms with Crippen LogP contribution in [0.15, 0.2) is 18.2 Å². The van der Waals surface area contributed by atoms with Crippen molar-refractivity contribution < 1.29 is 14.3 Å². The predicted octanol–water partition coefficient (Wildman–Crippen LogP) is 2.28. The summed E-state index contributed by atoms with van der Waals surface area (Å²) in [5.41, 5.74) is 0.655. The van der Waals surface area contributed by atoms with Gasteiger partial charge < -0.3 is 20.1 Å². The Labute approximate surface area is 120 Å². The third-order valence-corrected chi connectivity index (χ3v) is 2.76. The molecule has 1 rings (SSSR count). The quantitative estimate of drug-likeness (QED) is 0.717. The molecule has 0 saturated carbocycles. The van der Waals surface area contributed by atoms with Crippen molar-refractivity contribution in [1.29, 1.82) is 0 Å². The number of methoxy groups -OCH3 is 2. The van der Waals surface area contributed by atoms with Crippen LogP contribution in [-0.4, -0.2) is 33.2 Å². The number of hydrogen-bond donors (Lipinski definition) is 2. The maximum Gasteiger partial charge on any atom is 0.225 e. The third kappa shape index (κ3) is 5.48. The first-order valence-electron chi connectivity index (χ1n) is 6.79. The lowest BCUT2D eigenvalue weighted by molar-refractivity contribution is -0.116. The van der Waals surface area contributed by atoms with Crippen LogP contribution in [0.1, 0.15) is 20.3 Å². The molecule has 20 heavy (non-hydrogen) atoms. The summed E-state index contributed by atoms with van der Waals surface area (Å²) < 4.78 is 10.4. The van der Waals surface area contributed by atoms with Crippen LogP contribution in [-0.2, 0) is 4.79 Å². The summed E-state index contributed by atoms with van der Waals surface area (Å²) in [4.78, 5) is 11.8. The van der Waals surface area contributed by atoms with Crippen molar-refractivity contribution in [3.63, 3.8) is 0 Å². The van der Waals surface area contributed by atoms with E-state index in [1.54, 1.807) is 32.4 Å². The summed E-state index contributed by atoms with van der Waals surface area (Å²) in [7, 11) is 3.15. The van der Waals surface area contributed by atoms with Gasteiger partial charge in [-0.2, -0.15) is 0 Å². The Balaban J connectivity index is 2.49. The molecule has 0 aliphatic carbocycles. The average Bonchev–Trinajstić information content (AvgIpc) is 2.43. The molecule has 0 aliphatic heterocycles. The minimum atomic E-state index is -0.0373. The zero-order valence-corrected chi connectivity index (χ0v) is 12.7. The van der Waals surface area contributed by atoms with Crippen LogP contribution in [0, 0.1) is 5.92 Å². The van der Waals surface area contributed by atoms with Crippen molar-refractivity contribution in [2.75, 3.05) is 32.6 Å². The molecule has 5 nitrogen and oxygen atoms in total. The molecule has 0 bridgehead atoms. The topological polar surface area (TPSA) is 59.6 Å². The first kappa shape index (κ1) is 16.3. The summed E-state index contributed by atoms with van der Waals surface area (Å²) in [6.07, 6.45) is 0.432. The number of ether oxygens (including phenoxy) is 2. The second kappa shape index (κ2) is 8.43. The molecular formula is C15H24N2O3. The van der Waals surface area contributed by atoms with E-state index in [2.05, 4.69) is 24.5 Å². The summed E-state index contributed by atoms with van der Waals surface area (Å²) in [6.45, 7) is 5.85. The van der Waals surface area contributed by atoms with Crippen molar-refractivity contribution in [2.24, 2.45) is 5.92 Å². The van der Waals surface area contributed by atoms with Crippen molar-refractivity contribution >= 4 is 11.6 Å². The first-order valence-corrected chi connectivity index (χ1v) is 6.79. The molecule has 112 valence electrons. The standard InChI is InChI=1S/C15H24N2O3/c1-11(2)10-16-8-7-15(18)17-13-6-5-12(19-3)9-14(13)20-4/h5-6,9,11,16H,7-8,10H2,1-4H3,(H,17,18). The number of carbonyl (C=O) groups excluding carboxylic acids is 1. The average molecular weight is 280 g/mol. The highest BCUT2D eigenvalue weighted by Gasteiger charge is 2.08. The fourth-order valence-corrected chi connectivity index (χ4v) is 1.71. The number of hydrogen-bond acceptors (Lipinski definition) is 4. The van der Waals surface area contributed by atoms with E-state index in [1.807, 2.05) is 0 Å². The second-order valence-corrected chi connectivity index (χ2v) is 4.96. The molecule has 1 aromatic carbocycles. The molecule has 2 N–H and O–H groups in total. The normalized spacial score (nSPS) is 10.4. The Kier molecular flexibility index (Phi) is 6.87. The highest BCUT2D eigenvalue weighted by atomic mass is 16.5. The molecule has 1 aromatic rings. The van der Waals surface area contributed by atoms with Gasteiger partial charge in [-0.25, -0.2) is 0 Å². The van der Waals surface area contributed by atoms with Crippen molar-refractivity contribution in [2.45, 2.75) is 20.3 Å². The fraction of sp³-hybridized carbons (Fsp3) is 0.533. The van der Waals surface area contributed by atoms with Gasteiger partial charge in [-0.05, 0) is 24.6 Å². The smallest absolute Gasteiger partial charge is 0.225 e. The lowest BCUT2D eigenvalue weighted by Gasteiger charge is -2.12. The number of benzene rings is 1. The molecule has 0 atom stereocenters. The number of rotatable bonds is 8. The van der Waals surface area contributed by atoms with Crippen LogP contribution < -0.4 is 20.1 Å². The first-order chi connectivity index (χ1) is 9.56. The van der Waals surface area contributed by atoms with E-state index in [9.17, 15) is 4.79 Å². The number of anilines is 1. The Hall–Kier alpha value is -1.75. The van der Waals surface area contributed by atoms with Crippen LogP contribution >= 0.6 is 0 Å². The van der Waals surface area contributed by atoms with Gasteiger partial charge in [0.2, 0.25) is 5.91 Å². The molecule has 0 heterocycles. The van der Waals surface area contributed by atoms with E-state index >= 15 is 0 Å². The molecule has 0 aromatic heterocycles. The van der Waals surface area contributed by atoms with E-state index in [4.69, 9.17) is 9.47 Å². The zero-order valence-electron chi connectivity index (χ0n) is 12.7. The van der Waals surface area contributed by atoms with E-state index in [-0.39, 0.29) is 5.91 Å². The van der Waals surface area contributed by atoms with Crippen LogP contribution in [0.5, 0.6) is 11.5 Å². The Morgan fingerprint density at radius 1 is 1.25 bits per heavy atom. The van der Waals surface area contributed by atoms with E-state index in [1.165, 1.54) is 0 Å². The molecule has 0 spiro atoms. The fourth-order valence-electron chi connectivity index (χ4n) is 1.71. The molecule has 0 saturated heterocycles. The summed E-state index contributed by atoms with van der Waals surface area (Å²) >= 11 is 0. The van der Waals surface area contributed by atoms with Gasteiger partial charge in [0.1, 0.15) is 11.5 Å². The molecule has 0 aliphatic rings. The molecular weight excluding hydrogens is 256 g/mol. The van der Waals surface area contributed by atoms with Crippen LogP contribution in [0.2, 0.25) is 0 Å². The lowest BCUT2D eigenvalue weighted by Crippen LogP contribution is -2.25. The molecule has 5 heteroatoms. The van der Waals surface area contributed by atoms with E-state index in [0.29, 0.717) is 36.1 Å². The Morgan fingerprint density at radius 2 is 2.00 bits per heavy atom. The zero-order chi connectivity index (χ0) is 15.0. The minimum Gasteiger partial charge on any atom is -0.497 e. The molecule has 0 unspecified atom stereocenters. The maximum absolute atomic E-state index is 11.8. The van der Waals surface area contributed by atoms with E-state index < -0.39 is 0 Å². The SMILES string of the molecule is COc1ccc(NC(=O)CCNCC(C)C)c(OC)c1. The van der Waals surface area contributed by atoms with Crippen molar-refractivity contribution in [1.82, 2.24) is 5.32 Å². The highest BCUT2D eigenvalue weighted by Crippen LogP contribution is 2.28. The van der Waals surface area contributed by atoms with Gasteiger partial charge in [0, 0.05) is 19.0 Å². The molecule has 1 amide bonds. The van der Waals surface area contributed by atoms with E-state index in [0.717, 1.165) is 6.54 Å². The second-order valence-electron chi connectivity index (χ2n) is 4.96. The lowest BCUT2D eigenvalue weighted by atomic mass is 10.2. The van der Waals surface area contributed by atoms with Crippen LogP contribution in [0.3, 0.4) is 0 Å². The summed E-state index contributed by atoms with van der Waals surface area (Å²) in [6, 6.07) is 5.30. The van der Waals surface area contributed by atoms with Gasteiger partial charge in [-0.3, -0.25) is 4.79 Å². The number of nitrogens with one attached hydrogen (secondary N) is 2. The van der Waals surface area contributed by atoms with Gasteiger partial charge in [-0.1, -0.05) is 13.8 Å². The van der Waals surface area contributed by atoms with Gasteiger partial charge >= 0.3 is 0 Å². The Morgan fingerprint density at radius 3 is 2.60 bits per heavy atom. The molecule has 0 radical (unpaired) electrons. The van der Waals surface area contributed by atoms with Gasteiger partial charge in [0.05, 0.1) is 19.9 Å². The highest BCUT2D eigenvalue weighted by molar-refractivity contribution is 5.92. The largest absolute Gasteiger partial charge is 0.497 e. The maximum atomic E-state index is 11.8. The van der Waals surface area contributed by atoms with Crippen molar-refractivity contribution in [3.05, 3.63) is 18.2 Å². The van der Waals surface area contributed by atoms with Gasteiger partial charge in [0.15, 0.2) is 0 Å². The van der Waals surface area contributed by atoms with Gasteiger partial charge in [-0.15, -0.1) is 0 Å². The van der Waals surface area contributed by atoms with Crippen LogP contribution in [0.25, 0.3) is 0 Å². The summed E-state index contributed by atoms with van der Waals surface area (Å²) in [5.74, 6) is 1.83. The third-order valence-electron chi connectivity index (χ3n) is 2.76. The minimum absolute atomic E-state index is 0.0373. The van der Waals surface area contributed by atoms with Crippen LogP contribution in [0.4, 0.5) is 5.69 Å².